The van der Waals surface area contributed by atoms with Crippen LogP contribution in [0, 0.1) is 6.92 Å². The number of carbonyl (C=O) groups is 1. The number of alkyl halides is 3. The van der Waals surface area contributed by atoms with E-state index in [1.165, 1.54) is 28.1 Å². The van der Waals surface area contributed by atoms with Crippen molar-refractivity contribution in [2.75, 3.05) is 19.7 Å². The molecule has 3 aromatic rings. The minimum absolute atomic E-state index is 0.357. The van der Waals surface area contributed by atoms with Crippen molar-refractivity contribution in [2.24, 2.45) is 0 Å². The van der Waals surface area contributed by atoms with Gasteiger partial charge in [-0.05, 0) is 77.2 Å². The van der Waals surface area contributed by atoms with E-state index in [9.17, 15) is 18.0 Å². The van der Waals surface area contributed by atoms with E-state index < -0.39 is 17.7 Å². The van der Waals surface area contributed by atoms with Gasteiger partial charge in [-0.1, -0.05) is 18.2 Å². The van der Waals surface area contributed by atoms with E-state index in [2.05, 4.69) is 4.90 Å². The molecule has 0 spiro atoms. The Bertz CT molecular complexity index is 1140. The molecule has 4 nitrogen and oxygen atoms in total. The van der Waals surface area contributed by atoms with E-state index in [1.54, 1.807) is 11.3 Å². The number of ether oxygens (including phenoxy) is 1. The predicted molar refractivity (Wildman–Crippen MR) is 122 cm³/mol. The van der Waals surface area contributed by atoms with Crippen LogP contribution in [-0.2, 0) is 30.4 Å². The standard InChI is InChI=1S/C25H24F3NO3S/c1-16-22(18-2-5-20(6-3-18)25(26,27)28)15-33-23(16)13-29-10-8-17-4-7-21(32-14-24(30)31)12-19(17)9-11-29/h2-7,12,15H,8-11,13-14H2,1H3,(H,30,31). The largest absolute Gasteiger partial charge is 0.482 e. The average molecular weight is 476 g/mol. The number of rotatable bonds is 6. The molecule has 2 heterocycles. The van der Waals surface area contributed by atoms with Crippen LogP contribution in [0.15, 0.2) is 47.8 Å². The first-order valence-corrected chi connectivity index (χ1v) is 11.5. The van der Waals surface area contributed by atoms with Gasteiger partial charge in [0.1, 0.15) is 5.75 Å². The number of thiophene rings is 1. The van der Waals surface area contributed by atoms with Gasteiger partial charge in [-0.2, -0.15) is 13.2 Å². The van der Waals surface area contributed by atoms with Crippen LogP contribution in [0.2, 0.25) is 0 Å². The molecule has 174 valence electrons. The zero-order valence-electron chi connectivity index (χ0n) is 18.1. The molecular formula is C25H24F3NO3S. The maximum Gasteiger partial charge on any atom is 0.416 e. The monoisotopic (exact) mass is 475 g/mol. The molecule has 0 amide bonds. The highest BCUT2D eigenvalue weighted by Gasteiger charge is 2.30. The van der Waals surface area contributed by atoms with Crippen molar-refractivity contribution < 1.29 is 27.8 Å². The van der Waals surface area contributed by atoms with Gasteiger partial charge in [-0.15, -0.1) is 11.3 Å². The summed E-state index contributed by atoms with van der Waals surface area (Å²) in [5, 5.41) is 10.8. The Hall–Kier alpha value is -2.84. The maximum atomic E-state index is 12.9. The molecule has 0 bridgehead atoms. The van der Waals surface area contributed by atoms with Crippen LogP contribution in [0.25, 0.3) is 11.1 Å². The minimum atomic E-state index is -4.33. The summed E-state index contributed by atoms with van der Waals surface area (Å²) in [5.74, 6) is -0.432. The highest BCUT2D eigenvalue weighted by Crippen LogP contribution is 2.35. The number of aliphatic carboxylic acids is 1. The molecule has 0 unspecified atom stereocenters. The van der Waals surface area contributed by atoms with E-state index in [4.69, 9.17) is 9.84 Å². The molecule has 33 heavy (non-hydrogen) atoms. The van der Waals surface area contributed by atoms with Crippen molar-refractivity contribution in [3.05, 3.63) is 75.0 Å². The lowest BCUT2D eigenvalue weighted by Crippen LogP contribution is -2.25. The Morgan fingerprint density at radius 1 is 1.09 bits per heavy atom. The van der Waals surface area contributed by atoms with Crippen LogP contribution in [0.4, 0.5) is 13.2 Å². The third-order valence-electron chi connectivity index (χ3n) is 5.97. The lowest BCUT2D eigenvalue weighted by Gasteiger charge is -2.19. The summed E-state index contributed by atoms with van der Waals surface area (Å²) in [5.41, 5.74) is 4.65. The summed E-state index contributed by atoms with van der Waals surface area (Å²) in [4.78, 5) is 14.3. The molecule has 8 heteroatoms. The van der Waals surface area contributed by atoms with Gasteiger partial charge in [0.25, 0.3) is 0 Å². The number of hydrogen-bond donors (Lipinski definition) is 1. The Kier molecular flexibility index (Phi) is 6.76. The number of halogens is 3. The van der Waals surface area contributed by atoms with E-state index in [0.29, 0.717) is 5.75 Å². The van der Waals surface area contributed by atoms with Crippen LogP contribution in [-0.4, -0.2) is 35.7 Å². The van der Waals surface area contributed by atoms with Gasteiger partial charge in [0.2, 0.25) is 0 Å². The van der Waals surface area contributed by atoms with Crippen LogP contribution in [0.5, 0.6) is 5.75 Å². The lowest BCUT2D eigenvalue weighted by molar-refractivity contribution is -0.139. The number of nitrogens with zero attached hydrogens (tertiary/aromatic N) is 1. The number of hydrogen-bond acceptors (Lipinski definition) is 4. The predicted octanol–water partition coefficient (Wildman–Crippen LogP) is 5.81. The van der Waals surface area contributed by atoms with E-state index in [-0.39, 0.29) is 6.61 Å². The fraction of sp³-hybridized carbons (Fsp3) is 0.320. The molecule has 0 saturated carbocycles. The Labute approximate surface area is 194 Å². The molecule has 1 aromatic heterocycles. The summed E-state index contributed by atoms with van der Waals surface area (Å²) < 4.78 is 43.9. The molecule has 2 aromatic carbocycles. The van der Waals surface area contributed by atoms with Gasteiger partial charge in [0.05, 0.1) is 5.56 Å². The van der Waals surface area contributed by atoms with Gasteiger partial charge in [0, 0.05) is 24.5 Å². The lowest BCUT2D eigenvalue weighted by atomic mass is 10.0. The first-order chi connectivity index (χ1) is 15.7. The molecule has 1 N–H and O–H groups in total. The molecule has 0 saturated heterocycles. The maximum absolute atomic E-state index is 12.9. The second kappa shape index (κ2) is 9.57. The SMILES string of the molecule is Cc1c(-c2ccc(C(F)(F)F)cc2)csc1CN1CCc2ccc(OCC(=O)O)cc2CC1. The number of benzene rings is 2. The van der Waals surface area contributed by atoms with E-state index in [1.807, 2.05) is 30.5 Å². The van der Waals surface area contributed by atoms with E-state index >= 15 is 0 Å². The molecule has 0 aliphatic carbocycles. The van der Waals surface area contributed by atoms with Crippen LogP contribution >= 0.6 is 11.3 Å². The second-order valence-corrected chi connectivity index (χ2v) is 9.13. The number of fused-ring (bicyclic) bond motifs is 1. The smallest absolute Gasteiger partial charge is 0.416 e. The first kappa shape index (κ1) is 23.3. The molecule has 4 rings (SSSR count). The summed E-state index contributed by atoms with van der Waals surface area (Å²) in [6, 6.07) is 11.1. The second-order valence-electron chi connectivity index (χ2n) is 8.16. The summed E-state index contributed by atoms with van der Waals surface area (Å²) >= 11 is 1.64. The van der Waals surface area contributed by atoms with Crippen LogP contribution in [0.1, 0.15) is 27.1 Å². The van der Waals surface area contributed by atoms with Gasteiger partial charge in [-0.25, -0.2) is 4.79 Å². The molecule has 1 aliphatic heterocycles. The van der Waals surface area contributed by atoms with Gasteiger partial charge < -0.3 is 9.84 Å². The zero-order chi connectivity index (χ0) is 23.6. The van der Waals surface area contributed by atoms with Crippen molar-refractivity contribution in [3.8, 4) is 16.9 Å². The van der Waals surface area contributed by atoms with Crippen molar-refractivity contribution in [3.63, 3.8) is 0 Å². The van der Waals surface area contributed by atoms with Crippen molar-refractivity contribution in [1.29, 1.82) is 0 Å². The Morgan fingerprint density at radius 3 is 2.45 bits per heavy atom. The summed E-state index contributed by atoms with van der Waals surface area (Å²) in [6.07, 6.45) is -2.60. The molecule has 0 atom stereocenters. The molecule has 0 radical (unpaired) electrons. The Balaban J connectivity index is 1.42. The highest BCUT2D eigenvalue weighted by atomic mass is 32.1. The molecule has 0 fully saturated rings. The normalized spacial score (nSPS) is 14.5. The third kappa shape index (κ3) is 5.57. The van der Waals surface area contributed by atoms with Gasteiger partial charge in [0.15, 0.2) is 6.61 Å². The summed E-state index contributed by atoms with van der Waals surface area (Å²) in [7, 11) is 0. The number of carboxylic acid groups (broad SMARTS) is 1. The number of carboxylic acids is 1. The highest BCUT2D eigenvalue weighted by molar-refractivity contribution is 7.10. The average Bonchev–Trinajstić information content (AvgIpc) is 3.01. The minimum Gasteiger partial charge on any atom is -0.482 e. The fourth-order valence-corrected chi connectivity index (χ4v) is 5.20. The van der Waals surface area contributed by atoms with Crippen LogP contribution in [0.3, 0.4) is 0 Å². The first-order valence-electron chi connectivity index (χ1n) is 10.6. The van der Waals surface area contributed by atoms with Gasteiger partial charge in [-0.3, -0.25) is 4.90 Å². The van der Waals surface area contributed by atoms with Crippen LogP contribution < -0.4 is 4.74 Å². The molecule has 1 aliphatic rings. The quantitative estimate of drug-likeness (QED) is 0.489. The Morgan fingerprint density at radius 2 is 1.79 bits per heavy atom. The third-order valence-corrected chi connectivity index (χ3v) is 7.04. The van der Waals surface area contributed by atoms with Crippen molar-refractivity contribution in [1.82, 2.24) is 4.90 Å². The van der Waals surface area contributed by atoms with Crippen molar-refractivity contribution in [2.45, 2.75) is 32.5 Å². The summed E-state index contributed by atoms with van der Waals surface area (Å²) in [6.45, 7) is 4.21. The van der Waals surface area contributed by atoms with E-state index in [0.717, 1.165) is 61.3 Å². The fourth-order valence-electron chi connectivity index (χ4n) is 4.08. The topological polar surface area (TPSA) is 49.8 Å². The zero-order valence-corrected chi connectivity index (χ0v) is 18.9. The van der Waals surface area contributed by atoms with Gasteiger partial charge >= 0.3 is 12.1 Å². The molecular weight excluding hydrogens is 451 g/mol. The van der Waals surface area contributed by atoms with Crippen molar-refractivity contribution >= 4 is 17.3 Å².